The number of carbonyl (C=O) groups excluding carboxylic acids is 1. The molecule has 33 heavy (non-hydrogen) atoms. The summed E-state index contributed by atoms with van der Waals surface area (Å²) in [5.41, 5.74) is 5.66. The van der Waals surface area contributed by atoms with Crippen molar-refractivity contribution in [3.63, 3.8) is 0 Å². The third-order valence-electron chi connectivity index (χ3n) is 5.78. The zero-order valence-corrected chi connectivity index (χ0v) is 20.4. The Morgan fingerprint density at radius 1 is 1.21 bits per heavy atom. The number of benzene rings is 1. The van der Waals surface area contributed by atoms with E-state index in [9.17, 15) is 4.79 Å². The second-order valence-corrected chi connectivity index (χ2v) is 10.2. The molecule has 1 aromatic carbocycles. The maximum absolute atomic E-state index is 12.6. The summed E-state index contributed by atoms with van der Waals surface area (Å²) in [6.07, 6.45) is 3.93. The molecule has 4 aromatic rings. The van der Waals surface area contributed by atoms with Crippen LogP contribution in [0.5, 0.6) is 0 Å². The molecule has 1 aliphatic rings. The Labute approximate surface area is 200 Å². The number of nitrogens with one attached hydrogen (secondary N) is 1. The lowest BCUT2D eigenvalue weighted by atomic mass is 9.99. The van der Waals surface area contributed by atoms with Gasteiger partial charge in [-0.1, -0.05) is 17.8 Å². The number of anilines is 1. The first-order chi connectivity index (χ1) is 16.0. The quantitative estimate of drug-likeness (QED) is 0.332. The molecule has 0 spiro atoms. The van der Waals surface area contributed by atoms with E-state index < -0.39 is 0 Å². The number of furan rings is 1. The first-order valence-electron chi connectivity index (χ1n) is 10.9. The molecule has 7 nitrogen and oxygen atoms in total. The fourth-order valence-electron chi connectivity index (χ4n) is 3.73. The summed E-state index contributed by atoms with van der Waals surface area (Å²) in [7, 11) is 0. The van der Waals surface area contributed by atoms with Crippen molar-refractivity contribution in [2.24, 2.45) is 0 Å². The minimum absolute atomic E-state index is 0.113. The molecule has 0 atom stereocenters. The van der Waals surface area contributed by atoms with Crippen LogP contribution in [0.2, 0.25) is 0 Å². The van der Waals surface area contributed by atoms with Gasteiger partial charge in [-0.05, 0) is 68.5 Å². The molecule has 0 radical (unpaired) electrons. The van der Waals surface area contributed by atoms with Crippen LogP contribution in [-0.2, 0) is 11.3 Å². The third kappa shape index (κ3) is 4.89. The van der Waals surface area contributed by atoms with Crippen LogP contribution in [0.25, 0.3) is 11.3 Å². The van der Waals surface area contributed by atoms with Gasteiger partial charge in [0.2, 0.25) is 5.91 Å². The fourth-order valence-corrected chi connectivity index (χ4v) is 5.21. The summed E-state index contributed by atoms with van der Waals surface area (Å²) in [6.45, 7) is 6.87. The van der Waals surface area contributed by atoms with E-state index >= 15 is 0 Å². The number of aromatic nitrogens is 4. The number of nitrogens with zero attached hydrogens (tertiary/aromatic N) is 4. The van der Waals surface area contributed by atoms with Crippen LogP contribution in [0.4, 0.5) is 5.13 Å². The van der Waals surface area contributed by atoms with Crippen molar-refractivity contribution >= 4 is 34.1 Å². The second kappa shape index (κ2) is 9.15. The summed E-state index contributed by atoms with van der Waals surface area (Å²) >= 11 is 2.82. The Morgan fingerprint density at radius 2 is 2.03 bits per heavy atom. The normalized spacial score (nSPS) is 13.4. The summed E-state index contributed by atoms with van der Waals surface area (Å²) < 4.78 is 7.58. The Balaban J connectivity index is 1.24. The van der Waals surface area contributed by atoms with E-state index in [1.165, 1.54) is 39.8 Å². The van der Waals surface area contributed by atoms with E-state index in [1.807, 2.05) is 17.5 Å². The van der Waals surface area contributed by atoms with E-state index in [0.29, 0.717) is 17.6 Å². The summed E-state index contributed by atoms with van der Waals surface area (Å²) in [4.78, 5) is 17.3. The topological polar surface area (TPSA) is 85.8 Å². The van der Waals surface area contributed by atoms with E-state index in [1.54, 1.807) is 6.26 Å². The molecule has 1 fully saturated rings. The first kappa shape index (κ1) is 21.9. The van der Waals surface area contributed by atoms with Crippen LogP contribution in [0, 0.1) is 20.8 Å². The molecule has 0 bridgehead atoms. The summed E-state index contributed by atoms with van der Waals surface area (Å²) in [5, 5.41) is 15.0. The SMILES string of the molecule is Cc1cc(C)c(-c2csc(NC(=O)CSc3nnc(C4CC4)n3Cc3ccco3)n2)cc1C. The van der Waals surface area contributed by atoms with Crippen LogP contribution in [0.15, 0.2) is 45.5 Å². The molecular formula is C24H25N5O2S2. The van der Waals surface area contributed by atoms with Crippen LogP contribution in [-0.4, -0.2) is 31.4 Å². The van der Waals surface area contributed by atoms with Gasteiger partial charge < -0.3 is 9.73 Å². The molecule has 0 unspecified atom stereocenters. The van der Waals surface area contributed by atoms with Gasteiger partial charge in [0, 0.05) is 16.9 Å². The molecule has 170 valence electrons. The van der Waals surface area contributed by atoms with Crippen LogP contribution >= 0.6 is 23.1 Å². The van der Waals surface area contributed by atoms with Gasteiger partial charge in [-0.25, -0.2) is 4.98 Å². The predicted molar refractivity (Wildman–Crippen MR) is 131 cm³/mol. The number of hydrogen-bond acceptors (Lipinski definition) is 7. The van der Waals surface area contributed by atoms with E-state index in [-0.39, 0.29) is 11.7 Å². The van der Waals surface area contributed by atoms with Crippen molar-refractivity contribution in [3.05, 3.63) is 64.2 Å². The number of rotatable bonds is 8. The number of aryl methyl sites for hydroxylation is 3. The molecule has 3 aromatic heterocycles. The number of amides is 1. The molecule has 3 heterocycles. The zero-order valence-electron chi connectivity index (χ0n) is 18.8. The maximum atomic E-state index is 12.6. The average molecular weight is 480 g/mol. The van der Waals surface area contributed by atoms with Gasteiger partial charge in [-0.2, -0.15) is 0 Å². The lowest BCUT2D eigenvalue weighted by molar-refractivity contribution is -0.113. The maximum Gasteiger partial charge on any atom is 0.236 e. The van der Waals surface area contributed by atoms with Crippen LogP contribution in [0.3, 0.4) is 0 Å². The van der Waals surface area contributed by atoms with Crippen molar-refractivity contribution in [2.45, 2.75) is 51.2 Å². The Morgan fingerprint density at radius 3 is 2.79 bits per heavy atom. The van der Waals surface area contributed by atoms with Gasteiger partial charge in [-0.15, -0.1) is 21.5 Å². The fraction of sp³-hybridized carbons (Fsp3) is 0.333. The van der Waals surface area contributed by atoms with Crippen molar-refractivity contribution < 1.29 is 9.21 Å². The molecule has 5 rings (SSSR count). The minimum atomic E-state index is -0.113. The van der Waals surface area contributed by atoms with Crippen molar-refractivity contribution in [2.75, 3.05) is 11.1 Å². The second-order valence-electron chi connectivity index (χ2n) is 8.41. The molecule has 0 aliphatic heterocycles. The third-order valence-corrected chi connectivity index (χ3v) is 7.51. The Kier molecular flexibility index (Phi) is 6.07. The predicted octanol–water partition coefficient (Wildman–Crippen LogP) is 5.58. The monoisotopic (exact) mass is 479 g/mol. The molecular weight excluding hydrogens is 454 g/mol. The number of thiazole rings is 1. The number of hydrogen-bond donors (Lipinski definition) is 1. The molecule has 1 N–H and O–H groups in total. The standard InChI is InChI=1S/C24H25N5O2S2/c1-14-9-16(3)19(10-15(14)2)20-12-32-23(25-20)26-21(30)13-33-24-28-27-22(17-6-7-17)29(24)11-18-5-4-8-31-18/h4-5,8-10,12,17H,6-7,11,13H2,1-3H3,(H,25,26,30). The molecule has 1 amide bonds. The van der Waals surface area contributed by atoms with Crippen LogP contribution < -0.4 is 5.32 Å². The smallest absolute Gasteiger partial charge is 0.236 e. The van der Waals surface area contributed by atoms with E-state index in [4.69, 9.17) is 4.42 Å². The highest BCUT2D eigenvalue weighted by atomic mass is 32.2. The molecule has 0 saturated heterocycles. The van der Waals surface area contributed by atoms with Crippen LogP contribution in [0.1, 0.15) is 47.0 Å². The van der Waals surface area contributed by atoms with Gasteiger partial charge >= 0.3 is 0 Å². The largest absolute Gasteiger partial charge is 0.467 e. The highest BCUT2D eigenvalue weighted by Gasteiger charge is 2.31. The molecule has 1 aliphatic carbocycles. The lowest BCUT2D eigenvalue weighted by Crippen LogP contribution is -2.15. The van der Waals surface area contributed by atoms with Crippen molar-refractivity contribution in [1.82, 2.24) is 19.7 Å². The first-order valence-corrected chi connectivity index (χ1v) is 12.8. The number of carbonyl (C=O) groups is 1. The van der Waals surface area contributed by atoms with Crippen molar-refractivity contribution in [1.29, 1.82) is 0 Å². The number of thioether (sulfide) groups is 1. The van der Waals surface area contributed by atoms with Gasteiger partial charge in [0.05, 0.1) is 24.3 Å². The van der Waals surface area contributed by atoms with Gasteiger partial charge in [0.1, 0.15) is 11.6 Å². The zero-order chi connectivity index (χ0) is 22.9. The highest BCUT2D eigenvalue weighted by molar-refractivity contribution is 7.99. The Bertz CT molecular complexity index is 1290. The minimum Gasteiger partial charge on any atom is -0.467 e. The van der Waals surface area contributed by atoms with E-state index in [2.05, 4.69) is 58.0 Å². The average Bonchev–Trinajstić information content (AvgIpc) is 3.14. The van der Waals surface area contributed by atoms with E-state index in [0.717, 1.165) is 40.8 Å². The molecule has 9 heteroatoms. The van der Waals surface area contributed by atoms with Gasteiger partial charge in [-0.3, -0.25) is 9.36 Å². The highest BCUT2D eigenvalue weighted by Crippen LogP contribution is 2.40. The Hall–Kier alpha value is -2.91. The summed E-state index contributed by atoms with van der Waals surface area (Å²) in [6, 6.07) is 8.14. The van der Waals surface area contributed by atoms with Crippen molar-refractivity contribution in [3.8, 4) is 11.3 Å². The summed E-state index contributed by atoms with van der Waals surface area (Å²) in [5.74, 6) is 2.40. The van der Waals surface area contributed by atoms with Gasteiger partial charge in [0.25, 0.3) is 0 Å². The molecule has 1 saturated carbocycles. The lowest BCUT2D eigenvalue weighted by Gasteiger charge is -2.08. The van der Waals surface area contributed by atoms with Gasteiger partial charge in [0.15, 0.2) is 10.3 Å².